The maximum atomic E-state index is 13.1. The number of nitrogens with zero attached hydrogens (tertiary/aromatic N) is 2. The van der Waals surface area contributed by atoms with Crippen molar-refractivity contribution in [2.75, 3.05) is 16.2 Å². The Kier molecular flexibility index (Phi) is 5.67. The fourth-order valence-corrected chi connectivity index (χ4v) is 5.44. The molecule has 0 aliphatic carbocycles. The van der Waals surface area contributed by atoms with E-state index in [-0.39, 0.29) is 21.7 Å². The molecule has 32 heavy (non-hydrogen) atoms. The van der Waals surface area contributed by atoms with Gasteiger partial charge < -0.3 is 5.32 Å². The van der Waals surface area contributed by atoms with E-state index in [1.54, 1.807) is 48.5 Å². The average Bonchev–Trinajstić information content (AvgIpc) is 2.79. The van der Waals surface area contributed by atoms with Gasteiger partial charge in [0.05, 0.1) is 15.5 Å². The summed E-state index contributed by atoms with van der Waals surface area (Å²) in [6.07, 6.45) is 1.33. The van der Waals surface area contributed by atoms with Gasteiger partial charge in [-0.15, -0.1) is 0 Å². The molecule has 8 nitrogen and oxygen atoms in total. The number of anilines is 2. The fraction of sp³-hybridized carbons (Fsp3) is 0.174. The van der Waals surface area contributed by atoms with Crippen LogP contribution in [0.1, 0.15) is 27.9 Å². The van der Waals surface area contributed by atoms with Crippen LogP contribution in [0.5, 0.6) is 0 Å². The van der Waals surface area contributed by atoms with Crippen molar-refractivity contribution in [2.45, 2.75) is 24.7 Å². The first-order valence-corrected chi connectivity index (χ1v) is 11.5. The highest BCUT2D eigenvalue weighted by Gasteiger charge is 2.29. The third-order valence-electron chi connectivity index (χ3n) is 5.49. The summed E-state index contributed by atoms with van der Waals surface area (Å²) in [7, 11) is -3.69. The number of amides is 1. The third-order valence-corrected chi connectivity index (χ3v) is 7.32. The van der Waals surface area contributed by atoms with Crippen molar-refractivity contribution in [1.82, 2.24) is 0 Å². The zero-order valence-electron chi connectivity index (χ0n) is 17.3. The number of hydrogen-bond acceptors (Lipinski definition) is 5. The number of hydrogen-bond donors (Lipinski definition) is 1. The van der Waals surface area contributed by atoms with Crippen LogP contribution in [0.15, 0.2) is 71.6 Å². The SMILES string of the molecule is Cc1c(C(=O)Nc2ccc3c(c2)CCCN3S(=O)(=O)c2ccccc2)cccc1[N+](=O)[O-]. The lowest BCUT2D eigenvalue weighted by Crippen LogP contribution is -2.35. The van der Waals surface area contributed by atoms with Gasteiger partial charge in [-0.3, -0.25) is 19.2 Å². The summed E-state index contributed by atoms with van der Waals surface area (Å²) < 4.78 is 27.6. The van der Waals surface area contributed by atoms with Gasteiger partial charge in [-0.1, -0.05) is 24.3 Å². The van der Waals surface area contributed by atoms with E-state index in [0.29, 0.717) is 30.8 Å². The van der Waals surface area contributed by atoms with Crippen LogP contribution in [0.3, 0.4) is 0 Å². The van der Waals surface area contributed by atoms with Gasteiger partial charge in [-0.05, 0) is 61.7 Å². The number of nitro benzene ring substituents is 1. The van der Waals surface area contributed by atoms with Gasteiger partial charge in [0.25, 0.3) is 21.6 Å². The molecular formula is C23H21N3O5S. The summed E-state index contributed by atoms with van der Waals surface area (Å²) >= 11 is 0. The molecule has 3 aromatic rings. The predicted molar refractivity (Wildman–Crippen MR) is 122 cm³/mol. The molecule has 0 fully saturated rings. The van der Waals surface area contributed by atoms with Crippen LogP contribution in [-0.4, -0.2) is 25.8 Å². The largest absolute Gasteiger partial charge is 0.322 e. The van der Waals surface area contributed by atoms with Crippen LogP contribution in [0.2, 0.25) is 0 Å². The quantitative estimate of drug-likeness (QED) is 0.459. The highest BCUT2D eigenvalue weighted by atomic mass is 32.2. The van der Waals surface area contributed by atoms with Gasteiger partial charge in [-0.25, -0.2) is 8.42 Å². The zero-order chi connectivity index (χ0) is 22.9. The Bertz CT molecular complexity index is 1310. The summed E-state index contributed by atoms with van der Waals surface area (Å²) in [5.41, 5.74) is 2.27. The Balaban J connectivity index is 1.62. The monoisotopic (exact) mass is 451 g/mol. The van der Waals surface area contributed by atoms with Gasteiger partial charge in [0.2, 0.25) is 0 Å². The summed E-state index contributed by atoms with van der Waals surface area (Å²) in [5, 5.41) is 13.9. The first kappa shape index (κ1) is 21.5. The van der Waals surface area contributed by atoms with E-state index >= 15 is 0 Å². The number of nitro groups is 1. The summed E-state index contributed by atoms with van der Waals surface area (Å²) in [6.45, 7) is 1.91. The van der Waals surface area contributed by atoms with Crippen LogP contribution in [0.4, 0.5) is 17.1 Å². The molecular weight excluding hydrogens is 430 g/mol. The van der Waals surface area contributed by atoms with Crippen LogP contribution >= 0.6 is 0 Å². The summed E-state index contributed by atoms with van der Waals surface area (Å²) in [4.78, 5) is 23.6. The molecule has 0 bridgehead atoms. The lowest BCUT2D eigenvalue weighted by Gasteiger charge is -2.31. The topological polar surface area (TPSA) is 110 Å². The van der Waals surface area contributed by atoms with E-state index in [9.17, 15) is 23.3 Å². The molecule has 0 unspecified atom stereocenters. The molecule has 1 aliphatic heterocycles. The molecule has 0 aromatic heterocycles. The third kappa shape index (κ3) is 3.94. The van der Waals surface area contributed by atoms with Crippen molar-refractivity contribution in [3.8, 4) is 0 Å². The molecule has 1 aliphatic rings. The van der Waals surface area contributed by atoms with E-state index in [0.717, 1.165) is 5.56 Å². The number of sulfonamides is 1. The van der Waals surface area contributed by atoms with Gasteiger partial charge in [-0.2, -0.15) is 0 Å². The molecule has 0 saturated carbocycles. The average molecular weight is 452 g/mol. The molecule has 9 heteroatoms. The molecule has 3 aromatic carbocycles. The van der Waals surface area contributed by atoms with Crippen molar-refractivity contribution in [3.63, 3.8) is 0 Å². The van der Waals surface area contributed by atoms with Gasteiger partial charge in [0, 0.05) is 29.4 Å². The highest BCUT2D eigenvalue weighted by molar-refractivity contribution is 7.92. The second-order valence-corrected chi connectivity index (χ2v) is 9.36. The number of rotatable bonds is 5. The molecule has 0 saturated heterocycles. The second-order valence-electron chi connectivity index (χ2n) is 7.50. The molecule has 0 spiro atoms. The van der Waals surface area contributed by atoms with Crippen molar-refractivity contribution in [2.24, 2.45) is 0 Å². The lowest BCUT2D eigenvalue weighted by molar-refractivity contribution is -0.385. The molecule has 164 valence electrons. The Morgan fingerprint density at radius 2 is 1.81 bits per heavy atom. The number of carbonyl (C=O) groups excluding carboxylic acids is 1. The van der Waals surface area contributed by atoms with Crippen molar-refractivity contribution < 1.29 is 18.1 Å². The Hall–Kier alpha value is -3.72. The number of fused-ring (bicyclic) bond motifs is 1. The summed E-state index contributed by atoms with van der Waals surface area (Å²) in [6, 6.07) is 17.7. The lowest BCUT2D eigenvalue weighted by atomic mass is 10.0. The highest BCUT2D eigenvalue weighted by Crippen LogP contribution is 2.34. The number of nitrogens with one attached hydrogen (secondary N) is 1. The first-order valence-electron chi connectivity index (χ1n) is 10.0. The molecule has 0 radical (unpaired) electrons. The Morgan fingerprint density at radius 1 is 1.06 bits per heavy atom. The van der Waals surface area contributed by atoms with Gasteiger partial charge in [0.1, 0.15) is 0 Å². The van der Waals surface area contributed by atoms with E-state index in [1.165, 1.54) is 29.4 Å². The standard InChI is InChI=1S/C23H21N3O5S/c1-16-20(10-5-11-21(16)26(28)29)23(27)24-18-12-13-22-17(15-18)7-6-14-25(22)32(30,31)19-8-3-2-4-9-19/h2-5,8-13,15H,6-7,14H2,1H3,(H,24,27). The van der Waals surface area contributed by atoms with Crippen molar-refractivity contribution in [3.05, 3.63) is 93.5 Å². The Morgan fingerprint density at radius 3 is 2.53 bits per heavy atom. The second kappa shape index (κ2) is 8.43. The van der Waals surface area contributed by atoms with E-state index in [2.05, 4.69) is 5.32 Å². The number of carbonyl (C=O) groups is 1. The van der Waals surface area contributed by atoms with E-state index in [1.807, 2.05) is 0 Å². The van der Waals surface area contributed by atoms with Crippen LogP contribution in [0.25, 0.3) is 0 Å². The van der Waals surface area contributed by atoms with Crippen LogP contribution < -0.4 is 9.62 Å². The minimum Gasteiger partial charge on any atom is -0.322 e. The maximum absolute atomic E-state index is 13.1. The molecule has 0 atom stereocenters. The van der Waals surface area contributed by atoms with Gasteiger partial charge in [0.15, 0.2) is 0 Å². The van der Waals surface area contributed by atoms with Crippen LogP contribution in [-0.2, 0) is 16.4 Å². The van der Waals surface area contributed by atoms with Crippen LogP contribution in [0, 0.1) is 17.0 Å². The molecule has 1 N–H and O–H groups in total. The minimum atomic E-state index is -3.69. The van der Waals surface area contributed by atoms with Crippen molar-refractivity contribution in [1.29, 1.82) is 0 Å². The maximum Gasteiger partial charge on any atom is 0.273 e. The normalized spacial score (nSPS) is 13.3. The Labute approximate surface area is 185 Å². The number of aryl methyl sites for hydroxylation is 1. The molecule has 4 rings (SSSR count). The molecule has 1 heterocycles. The minimum absolute atomic E-state index is 0.121. The fourth-order valence-electron chi connectivity index (χ4n) is 3.88. The van der Waals surface area contributed by atoms with E-state index < -0.39 is 20.9 Å². The summed E-state index contributed by atoms with van der Waals surface area (Å²) in [5.74, 6) is -0.462. The zero-order valence-corrected chi connectivity index (χ0v) is 18.1. The first-order chi connectivity index (χ1) is 15.3. The van der Waals surface area contributed by atoms with Crippen molar-refractivity contribution >= 4 is 33.0 Å². The number of benzene rings is 3. The van der Waals surface area contributed by atoms with E-state index in [4.69, 9.17) is 0 Å². The predicted octanol–water partition coefficient (Wildman–Crippen LogP) is 4.30. The smallest absolute Gasteiger partial charge is 0.273 e. The molecule has 1 amide bonds. The van der Waals surface area contributed by atoms with Gasteiger partial charge >= 0.3 is 0 Å².